The molecule has 0 unspecified atom stereocenters. The second kappa shape index (κ2) is 4.36. The van der Waals surface area contributed by atoms with E-state index in [1.807, 2.05) is 0 Å². The molecule has 0 aliphatic rings. The molecule has 0 fully saturated rings. The van der Waals surface area contributed by atoms with Crippen molar-refractivity contribution < 1.29 is 14.3 Å². The number of nitrogens with zero attached hydrogens (tertiary/aromatic N) is 2. The molecular weight excluding hydrogens is 204 g/mol. The molecule has 0 saturated carbocycles. The smallest absolute Gasteiger partial charge is 0.401 e. The summed E-state index contributed by atoms with van der Waals surface area (Å²) >= 11 is 0. The van der Waals surface area contributed by atoms with Gasteiger partial charge < -0.3 is 4.42 Å². The van der Waals surface area contributed by atoms with Gasteiger partial charge in [-0.3, -0.25) is 20.2 Å². The highest BCUT2D eigenvalue weighted by Gasteiger charge is 2.13. The number of nitro groups is 2. The summed E-state index contributed by atoms with van der Waals surface area (Å²) in [7, 11) is 0. The van der Waals surface area contributed by atoms with Crippen molar-refractivity contribution in [1.82, 2.24) is 0 Å². The summed E-state index contributed by atoms with van der Waals surface area (Å²) in [5, 5.41) is 20.7. The van der Waals surface area contributed by atoms with Crippen molar-refractivity contribution in [2.75, 3.05) is 0 Å². The average Bonchev–Trinajstić information content (AvgIpc) is 2.61. The Kier molecular flexibility index (Phi) is 3.17. The molecule has 0 atom stereocenters. The van der Waals surface area contributed by atoms with E-state index in [1.54, 1.807) is 6.92 Å². The van der Waals surface area contributed by atoms with Crippen LogP contribution in [0.15, 0.2) is 22.2 Å². The van der Waals surface area contributed by atoms with Crippen LogP contribution < -0.4 is 0 Å². The summed E-state index contributed by atoms with van der Waals surface area (Å²) in [6.45, 7) is 1.62. The molecule has 15 heavy (non-hydrogen) atoms. The Morgan fingerprint density at radius 1 is 1.47 bits per heavy atom. The Hall–Kier alpha value is -2.18. The molecule has 0 aliphatic carbocycles. The maximum atomic E-state index is 10.4. The summed E-state index contributed by atoms with van der Waals surface area (Å²) < 4.78 is 4.75. The Morgan fingerprint density at radius 2 is 2.13 bits per heavy atom. The first-order chi connectivity index (χ1) is 7.04. The molecule has 1 aromatic rings. The van der Waals surface area contributed by atoms with Crippen LogP contribution in [0.1, 0.15) is 19.1 Å². The monoisotopic (exact) mass is 212 g/mol. The molecule has 7 nitrogen and oxygen atoms in total. The van der Waals surface area contributed by atoms with E-state index in [9.17, 15) is 20.2 Å². The summed E-state index contributed by atoms with van der Waals surface area (Å²) in [6, 6.07) is 2.47. The zero-order valence-electron chi connectivity index (χ0n) is 7.87. The quantitative estimate of drug-likeness (QED) is 0.562. The summed E-state index contributed by atoms with van der Waals surface area (Å²) in [5.41, 5.74) is -0.0563. The van der Waals surface area contributed by atoms with Crippen LogP contribution in [0.4, 0.5) is 5.88 Å². The van der Waals surface area contributed by atoms with Gasteiger partial charge in [-0.2, -0.15) is 0 Å². The normalized spacial score (nSPS) is 11.4. The fourth-order valence-corrected chi connectivity index (χ4v) is 0.966. The fraction of sp³-hybridized carbons (Fsp3) is 0.250. The van der Waals surface area contributed by atoms with Gasteiger partial charge in [0.05, 0.1) is 17.1 Å². The van der Waals surface area contributed by atoms with Crippen molar-refractivity contribution in [1.29, 1.82) is 0 Å². The maximum absolute atomic E-state index is 10.4. The van der Waals surface area contributed by atoms with E-state index in [-0.39, 0.29) is 17.9 Å². The van der Waals surface area contributed by atoms with Gasteiger partial charge in [0.2, 0.25) is 5.70 Å². The third-order valence-electron chi connectivity index (χ3n) is 1.70. The fourth-order valence-electron chi connectivity index (χ4n) is 0.966. The van der Waals surface area contributed by atoms with Crippen LogP contribution >= 0.6 is 0 Å². The Balaban J connectivity index is 2.97. The van der Waals surface area contributed by atoms with Crippen LogP contribution in [0.2, 0.25) is 0 Å². The van der Waals surface area contributed by atoms with Gasteiger partial charge in [-0.25, -0.2) is 0 Å². The van der Waals surface area contributed by atoms with E-state index in [4.69, 9.17) is 4.42 Å². The first-order valence-electron chi connectivity index (χ1n) is 4.13. The van der Waals surface area contributed by atoms with E-state index >= 15 is 0 Å². The molecule has 1 heterocycles. The minimum Gasteiger partial charge on any atom is -0.401 e. The molecule has 0 aliphatic heterocycles. The summed E-state index contributed by atoms with van der Waals surface area (Å²) in [6.07, 6.45) is 1.40. The van der Waals surface area contributed by atoms with E-state index in [0.29, 0.717) is 0 Å². The van der Waals surface area contributed by atoms with Crippen LogP contribution in [-0.2, 0) is 0 Å². The molecular formula is C8H8N2O5. The van der Waals surface area contributed by atoms with Crippen molar-refractivity contribution in [3.05, 3.63) is 43.8 Å². The van der Waals surface area contributed by atoms with Crippen molar-refractivity contribution in [3.63, 3.8) is 0 Å². The van der Waals surface area contributed by atoms with Crippen LogP contribution in [0.5, 0.6) is 0 Å². The molecule has 0 bridgehead atoms. The van der Waals surface area contributed by atoms with Gasteiger partial charge in [0, 0.05) is 6.42 Å². The first-order valence-corrected chi connectivity index (χ1v) is 4.13. The minimum atomic E-state index is -0.699. The first kappa shape index (κ1) is 10.9. The largest absolute Gasteiger partial charge is 0.433 e. The van der Waals surface area contributed by atoms with Gasteiger partial charge >= 0.3 is 5.88 Å². The Bertz CT molecular complexity index is 420. The predicted molar refractivity (Wildman–Crippen MR) is 50.6 cm³/mol. The number of allylic oxidation sites excluding steroid dienone is 1. The van der Waals surface area contributed by atoms with Crippen molar-refractivity contribution in [2.24, 2.45) is 0 Å². The molecule has 0 spiro atoms. The standard InChI is InChI=1S/C8H8N2O5/c1-2-6(9(11)12)5-7-3-4-8(15-7)10(13)14/h3-5H,2H2,1H3. The number of hydrogen-bond donors (Lipinski definition) is 0. The van der Waals surface area contributed by atoms with Gasteiger partial charge in [-0.1, -0.05) is 6.92 Å². The molecule has 0 radical (unpaired) electrons. The van der Waals surface area contributed by atoms with Gasteiger partial charge in [0.15, 0.2) is 0 Å². The highest BCUT2D eigenvalue weighted by molar-refractivity contribution is 5.46. The third kappa shape index (κ3) is 2.63. The topological polar surface area (TPSA) is 99.4 Å². The van der Waals surface area contributed by atoms with E-state index in [1.165, 1.54) is 12.1 Å². The zero-order valence-corrected chi connectivity index (χ0v) is 7.87. The summed E-state index contributed by atoms with van der Waals surface area (Å²) in [4.78, 5) is 19.5. The lowest BCUT2D eigenvalue weighted by Gasteiger charge is -1.91. The maximum Gasteiger partial charge on any atom is 0.433 e. The predicted octanol–water partition coefficient (Wildman–Crippen LogP) is 2.22. The number of rotatable bonds is 4. The van der Waals surface area contributed by atoms with E-state index in [2.05, 4.69) is 0 Å². The lowest BCUT2D eigenvalue weighted by atomic mass is 10.3. The molecule has 7 heteroatoms. The van der Waals surface area contributed by atoms with E-state index < -0.39 is 15.7 Å². The average molecular weight is 212 g/mol. The second-order valence-electron chi connectivity index (χ2n) is 2.68. The third-order valence-corrected chi connectivity index (χ3v) is 1.70. The van der Waals surface area contributed by atoms with Crippen molar-refractivity contribution in [3.8, 4) is 0 Å². The molecule has 80 valence electrons. The number of furan rings is 1. The van der Waals surface area contributed by atoms with Gasteiger partial charge in [-0.15, -0.1) is 0 Å². The molecule has 1 rings (SSSR count). The van der Waals surface area contributed by atoms with Gasteiger partial charge in [0.25, 0.3) is 0 Å². The van der Waals surface area contributed by atoms with E-state index in [0.717, 1.165) is 6.07 Å². The van der Waals surface area contributed by atoms with Crippen molar-refractivity contribution in [2.45, 2.75) is 13.3 Å². The van der Waals surface area contributed by atoms with Gasteiger partial charge in [-0.05, 0) is 6.07 Å². The van der Waals surface area contributed by atoms with Crippen LogP contribution in [-0.4, -0.2) is 9.85 Å². The van der Waals surface area contributed by atoms with Crippen molar-refractivity contribution >= 4 is 12.0 Å². The highest BCUT2D eigenvalue weighted by atomic mass is 16.6. The minimum absolute atomic E-state index is 0.0563. The Labute approximate surface area is 84.3 Å². The highest BCUT2D eigenvalue weighted by Crippen LogP contribution is 2.18. The summed E-state index contributed by atoms with van der Waals surface area (Å²) in [5.74, 6) is -0.324. The molecule has 0 saturated heterocycles. The van der Waals surface area contributed by atoms with Gasteiger partial charge in [0.1, 0.15) is 10.7 Å². The lowest BCUT2D eigenvalue weighted by molar-refractivity contribution is -0.425. The lowest BCUT2D eigenvalue weighted by Crippen LogP contribution is -1.96. The SMILES string of the molecule is CCC(=Cc1ccc([N+](=O)[O-])o1)[N+](=O)[O-]. The number of hydrogen-bond acceptors (Lipinski definition) is 5. The van der Waals surface area contributed by atoms with Crippen LogP contribution in [0, 0.1) is 20.2 Å². The second-order valence-corrected chi connectivity index (χ2v) is 2.68. The molecule has 1 aromatic heterocycles. The molecule has 0 N–H and O–H groups in total. The molecule has 0 amide bonds. The van der Waals surface area contributed by atoms with Crippen LogP contribution in [0.3, 0.4) is 0 Å². The Morgan fingerprint density at radius 3 is 2.53 bits per heavy atom. The van der Waals surface area contributed by atoms with Crippen LogP contribution in [0.25, 0.3) is 6.08 Å². The molecule has 0 aromatic carbocycles. The zero-order chi connectivity index (χ0) is 11.4.